The number of rotatable bonds is 5. The molecular weight excluding hydrogens is 233 g/mol. The third-order valence-corrected chi connectivity index (χ3v) is 1.51. The lowest BCUT2D eigenvalue weighted by Crippen LogP contribution is -2.46. The van der Waals surface area contributed by atoms with E-state index in [1.165, 1.54) is 0 Å². The van der Waals surface area contributed by atoms with E-state index in [9.17, 15) is 30.7 Å². The number of ether oxygens (including phenoxy) is 1. The molecule has 1 nitrogen and oxygen atoms in total. The summed E-state index contributed by atoms with van der Waals surface area (Å²) in [5.74, 6) is 0. The predicted octanol–water partition coefficient (Wildman–Crippen LogP) is 2.90. The topological polar surface area (TPSA) is 9.23 Å². The van der Waals surface area contributed by atoms with Gasteiger partial charge in [-0.3, -0.25) is 0 Å². The molecular formula is C7H9F7O. The molecule has 15 heavy (non-hydrogen) atoms. The molecule has 0 fully saturated rings. The minimum atomic E-state index is -5.42. The van der Waals surface area contributed by atoms with Crippen molar-refractivity contribution >= 4 is 0 Å². The summed E-state index contributed by atoms with van der Waals surface area (Å²) in [5.41, 5.74) is 0. The Morgan fingerprint density at radius 1 is 1.07 bits per heavy atom. The van der Waals surface area contributed by atoms with Crippen molar-refractivity contribution in [3.63, 3.8) is 0 Å². The third kappa shape index (κ3) is 4.23. The summed E-state index contributed by atoms with van der Waals surface area (Å²) < 4.78 is 88.0. The number of alkyl halides is 7. The first-order chi connectivity index (χ1) is 6.71. The van der Waals surface area contributed by atoms with E-state index in [2.05, 4.69) is 4.74 Å². The SMILES string of the molecule is CCOC(C(F)C(F)F)C(F)C(F)(F)F. The van der Waals surface area contributed by atoms with Crippen LogP contribution in [0.1, 0.15) is 6.92 Å². The predicted molar refractivity (Wildman–Crippen MR) is 37.3 cm³/mol. The molecule has 0 bridgehead atoms. The van der Waals surface area contributed by atoms with Crippen molar-refractivity contribution in [3.05, 3.63) is 0 Å². The zero-order chi connectivity index (χ0) is 12.2. The van der Waals surface area contributed by atoms with Crippen molar-refractivity contribution < 1.29 is 35.5 Å². The summed E-state index contributed by atoms with van der Waals surface area (Å²) in [6.07, 6.45) is -19.0. The van der Waals surface area contributed by atoms with Crippen LogP contribution in [0.15, 0.2) is 0 Å². The second kappa shape index (κ2) is 5.53. The van der Waals surface area contributed by atoms with Crippen LogP contribution in [0.25, 0.3) is 0 Å². The third-order valence-electron chi connectivity index (χ3n) is 1.51. The molecule has 0 saturated heterocycles. The van der Waals surface area contributed by atoms with Gasteiger partial charge in [0.05, 0.1) is 0 Å². The molecule has 0 aromatic rings. The summed E-state index contributed by atoms with van der Waals surface area (Å²) in [6, 6.07) is 0. The standard InChI is InChI=1S/C7H9F7O/c1-2-15-4(3(8)6(10)11)5(9)7(12,13)14/h3-6H,2H2,1H3. The van der Waals surface area contributed by atoms with E-state index in [1.54, 1.807) is 0 Å². The minimum absolute atomic E-state index is 0.492. The molecule has 0 amide bonds. The molecule has 0 aliphatic heterocycles. The Morgan fingerprint density at radius 2 is 1.53 bits per heavy atom. The first-order valence-electron chi connectivity index (χ1n) is 3.96. The van der Waals surface area contributed by atoms with E-state index in [4.69, 9.17) is 0 Å². The number of hydrogen-bond acceptors (Lipinski definition) is 1. The van der Waals surface area contributed by atoms with E-state index in [-0.39, 0.29) is 0 Å². The van der Waals surface area contributed by atoms with Crippen LogP contribution in [0.3, 0.4) is 0 Å². The lowest BCUT2D eigenvalue weighted by molar-refractivity contribution is -0.227. The largest absolute Gasteiger partial charge is 0.422 e. The molecule has 0 radical (unpaired) electrons. The fourth-order valence-electron chi connectivity index (χ4n) is 0.860. The van der Waals surface area contributed by atoms with Crippen molar-refractivity contribution in [2.75, 3.05) is 6.61 Å². The molecule has 3 atom stereocenters. The smallest absolute Gasteiger partial charge is 0.372 e. The summed E-state index contributed by atoms with van der Waals surface area (Å²) in [5, 5.41) is 0. The average molecular weight is 242 g/mol. The molecule has 0 aliphatic carbocycles. The van der Waals surface area contributed by atoms with Crippen LogP contribution in [0.5, 0.6) is 0 Å². The molecule has 8 heteroatoms. The van der Waals surface area contributed by atoms with E-state index in [0.29, 0.717) is 0 Å². The Balaban J connectivity index is 4.65. The molecule has 0 spiro atoms. The van der Waals surface area contributed by atoms with Crippen LogP contribution in [-0.2, 0) is 4.74 Å². The maximum Gasteiger partial charge on any atom is 0.422 e. The van der Waals surface area contributed by atoms with Crippen LogP contribution in [0, 0.1) is 0 Å². The van der Waals surface area contributed by atoms with Gasteiger partial charge >= 0.3 is 6.18 Å². The second-order valence-corrected chi connectivity index (χ2v) is 2.64. The highest BCUT2D eigenvalue weighted by Gasteiger charge is 2.51. The van der Waals surface area contributed by atoms with E-state index >= 15 is 0 Å². The molecule has 0 N–H and O–H groups in total. The Bertz CT molecular complexity index is 181. The quantitative estimate of drug-likeness (QED) is 0.673. The van der Waals surface area contributed by atoms with Gasteiger partial charge in [0.1, 0.15) is 6.10 Å². The average Bonchev–Trinajstić information content (AvgIpc) is 2.10. The van der Waals surface area contributed by atoms with Crippen LogP contribution in [-0.4, -0.2) is 37.7 Å². The molecule has 0 aromatic carbocycles. The van der Waals surface area contributed by atoms with Gasteiger partial charge in [0.15, 0.2) is 6.17 Å². The highest BCUT2D eigenvalue weighted by molar-refractivity contribution is 4.84. The molecule has 0 rings (SSSR count). The molecule has 92 valence electrons. The van der Waals surface area contributed by atoms with Gasteiger partial charge in [0.25, 0.3) is 6.43 Å². The maximum atomic E-state index is 12.5. The Morgan fingerprint density at radius 3 is 1.80 bits per heavy atom. The number of hydrogen-bond donors (Lipinski definition) is 0. The second-order valence-electron chi connectivity index (χ2n) is 2.64. The fourth-order valence-corrected chi connectivity index (χ4v) is 0.860. The van der Waals surface area contributed by atoms with Crippen LogP contribution in [0.4, 0.5) is 30.7 Å². The monoisotopic (exact) mass is 242 g/mol. The summed E-state index contributed by atoms with van der Waals surface area (Å²) in [7, 11) is 0. The maximum absolute atomic E-state index is 12.5. The highest BCUT2D eigenvalue weighted by atomic mass is 19.4. The summed E-state index contributed by atoms with van der Waals surface area (Å²) in [6.45, 7) is 0.655. The normalized spacial score (nSPS) is 19.0. The van der Waals surface area contributed by atoms with E-state index < -0.39 is 37.7 Å². The van der Waals surface area contributed by atoms with Gasteiger partial charge in [0.2, 0.25) is 6.17 Å². The summed E-state index contributed by atoms with van der Waals surface area (Å²) in [4.78, 5) is 0. The molecule has 0 saturated carbocycles. The van der Waals surface area contributed by atoms with Crippen molar-refractivity contribution in [2.24, 2.45) is 0 Å². The van der Waals surface area contributed by atoms with Crippen molar-refractivity contribution in [3.8, 4) is 0 Å². The zero-order valence-electron chi connectivity index (χ0n) is 7.57. The first kappa shape index (κ1) is 14.5. The van der Waals surface area contributed by atoms with Crippen molar-refractivity contribution in [2.45, 2.75) is 38.0 Å². The van der Waals surface area contributed by atoms with Crippen molar-refractivity contribution in [1.29, 1.82) is 0 Å². The van der Waals surface area contributed by atoms with Gasteiger partial charge < -0.3 is 4.74 Å². The molecule has 3 unspecified atom stereocenters. The molecule has 0 aliphatic rings. The summed E-state index contributed by atoms with van der Waals surface area (Å²) >= 11 is 0. The van der Waals surface area contributed by atoms with Gasteiger partial charge in [-0.15, -0.1) is 0 Å². The van der Waals surface area contributed by atoms with Gasteiger partial charge in [-0.2, -0.15) is 13.2 Å². The lowest BCUT2D eigenvalue weighted by Gasteiger charge is -2.25. The Labute approximate surface area is 81.2 Å². The van der Waals surface area contributed by atoms with Gasteiger partial charge in [-0.1, -0.05) is 0 Å². The Kier molecular flexibility index (Phi) is 5.33. The van der Waals surface area contributed by atoms with Crippen LogP contribution < -0.4 is 0 Å². The Hall–Kier alpha value is -0.530. The minimum Gasteiger partial charge on any atom is -0.372 e. The molecule has 0 aromatic heterocycles. The van der Waals surface area contributed by atoms with Crippen LogP contribution in [0.2, 0.25) is 0 Å². The molecule has 0 heterocycles. The van der Waals surface area contributed by atoms with Gasteiger partial charge in [0, 0.05) is 6.61 Å². The van der Waals surface area contributed by atoms with Gasteiger partial charge in [-0.25, -0.2) is 17.6 Å². The fraction of sp³-hybridized carbons (Fsp3) is 1.00. The first-order valence-corrected chi connectivity index (χ1v) is 3.96. The van der Waals surface area contributed by atoms with E-state index in [0.717, 1.165) is 6.92 Å². The van der Waals surface area contributed by atoms with E-state index in [1.807, 2.05) is 0 Å². The zero-order valence-corrected chi connectivity index (χ0v) is 7.57. The van der Waals surface area contributed by atoms with Gasteiger partial charge in [-0.05, 0) is 6.92 Å². The van der Waals surface area contributed by atoms with Crippen LogP contribution >= 0.6 is 0 Å². The lowest BCUT2D eigenvalue weighted by atomic mass is 10.1. The van der Waals surface area contributed by atoms with Crippen molar-refractivity contribution in [1.82, 2.24) is 0 Å². The number of halogens is 7. The highest BCUT2D eigenvalue weighted by Crippen LogP contribution is 2.30.